The van der Waals surface area contributed by atoms with Crippen LogP contribution in [0.4, 0.5) is 0 Å². The second kappa shape index (κ2) is 18.1. The summed E-state index contributed by atoms with van der Waals surface area (Å²) in [6.07, 6.45) is 10.4. The Balaban J connectivity index is 1.17. The number of hydrogen-bond acceptors (Lipinski definition) is 7. The molecule has 0 aliphatic rings. The molecule has 0 amide bonds. The quantitative estimate of drug-likeness (QED) is 0.0849. The van der Waals surface area contributed by atoms with Gasteiger partial charge in [-0.3, -0.25) is 0 Å². The van der Waals surface area contributed by atoms with Crippen molar-refractivity contribution in [1.82, 2.24) is 29.5 Å². The summed E-state index contributed by atoms with van der Waals surface area (Å²) in [5.74, 6) is 6.38. The van der Waals surface area contributed by atoms with Gasteiger partial charge < -0.3 is 0 Å². The van der Waals surface area contributed by atoms with Crippen LogP contribution in [-0.2, 0) is 0 Å². The summed E-state index contributed by atoms with van der Waals surface area (Å²) in [5, 5.41) is 0. The minimum atomic E-state index is 0.140. The summed E-state index contributed by atoms with van der Waals surface area (Å²) in [6, 6.07) is 31.6. The Labute approximate surface area is 359 Å². The van der Waals surface area contributed by atoms with E-state index in [1.54, 1.807) is 0 Å². The zero-order valence-electron chi connectivity index (χ0n) is 34.8. The molecule has 12 heteroatoms. The number of rotatable bonds is 13. The Morgan fingerprint density at radius 1 is 0.738 bits per heavy atom. The van der Waals surface area contributed by atoms with Crippen molar-refractivity contribution in [3.8, 4) is 39.9 Å². The molecule has 4 radical (unpaired) electrons. The Hall–Kier alpha value is -7.06. The summed E-state index contributed by atoms with van der Waals surface area (Å²) in [7, 11) is 9.99. The van der Waals surface area contributed by atoms with Crippen LogP contribution in [0, 0.1) is 6.92 Å². The fourth-order valence-electron chi connectivity index (χ4n) is 7.36. The molecule has 8 rings (SSSR count). The number of hydrogen-bond donors (Lipinski definition) is 0. The van der Waals surface area contributed by atoms with Crippen LogP contribution in [0.2, 0.25) is 20.5 Å². The Morgan fingerprint density at radius 3 is 2.07 bits per heavy atom. The van der Waals surface area contributed by atoms with E-state index in [0.29, 0.717) is 40.0 Å². The van der Waals surface area contributed by atoms with E-state index in [1.807, 2.05) is 150 Å². The Morgan fingerprint density at radius 2 is 1.43 bits per heavy atom. The van der Waals surface area contributed by atoms with Crippen LogP contribution in [0.25, 0.3) is 79.8 Å². The standard InChI is InChI=1S/C49H40B4N6O2/c1-7-32(26-39-38(19-14-24-51-4)31(3)59(44(39)53-6)37-21-23-42-41(28-37)55-49(50)61-42)30(2)25-36(29-52-5)48-54-40-22-20-35(27-43(40)60-48)47-57-45(33-15-10-8-11-16-33)56-46(58-47)34-17-12-9-13-18-34/h7-29H,1H2,2-6H3/b19-14-,30-25+,32-26+,36-29+. The Kier molecular flexibility index (Phi) is 12.0. The zero-order valence-corrected chi connectivity index (χ0v) is 34.8. The third-order valence-corrected chi connectivity index (χ3v) is 10.3. The first-order chi connectivity index (χ1) is 29.8. The van der Waals surface area contributed by atoms with E-state index in [-0.39, 0.29) is 5.79 Å². The molecule has 61 heavy (non-hydrogen) atoms. The maximum absolute atomic E-state index is 6.51. The van der Waals surface area contributed by atoms with Gasteiger partial charge in [-0.05, 0) is 18.2 Å². The monoisotopic (exact) mass is 788 g/mol. The first-order valence-corrected chi connectivity index (χ1v) is 20.1. The third kappa shape index (κ3) is 8.53. The molecule has 0 fully saturated rings. The molecule has 8 nitrogen and oxygen atoms in total. The van der Waals surface area contributed by atoms with Gasteiger partial charge in [0.05, 0.1) is 0 Å². The summed E-state index contributed by atoms with van der Waals surface area (Å²) in [4.78, 5) is 24.0. The van der Waals surface area contributed by atoms with E-state index < -0.39 is 0 Å². The van der Waals surface area contributed by atoms with Gasteiger partial charge in [0.25, 0.3) is 0 Å². The molecular formula is C49H40B4N6O2. The van der Waals surface area contributed by atoms with Crippen LogP contribution in [0.15, 0.2) is 148 Å². The van der Waals surface area contributed by atoms with Crippen molar-refractivity contribution >= 4 is 86.6 Å². The number of oxazole rings is 2. The van der Waals surface area contributed by atoms with Crippen molar-refractivity contribution in [3.63, 3.8) is 0 Å². The summed E-state index contributed by atoms with van der Waals surface area (Å²) < 4.78 is 14.3. The van der Waals surface area contributed by atoms with Crippen LogP contribution in [0.5, 0.6) is 0 Å². The predicted octanol–water partition coefficient (Wildman–Crippen LogP) is 9.30. The van der Waals surface area contributed by atoms with Gasteiger partial charge in [-0.2, -0.15) is 0 Å². The molecule has 0 N–H and O–H groups in total. The number of benzene rings is 4. The molecule has 290 valence electrons. The average Bonchev–Trinajstić information content (AvgIpc) is 3.97. The van der Waals surface area contributed by atoms with E-state index in [4.69, 9.17) is 36.6 Å². The second-order valence-corrected chi connectivity index (χ2v) is 14.3. The van der Waals surface area contributed by atoms with Crippen LogP contribution in [0.1, 0.15) is 29.6 Å². The van der Waals surface area contributed by atoms with Gasteiger partial charge in [-0.15, -0.1) is 0 Å². The van der Waals surface area contributed by atoms with Crippen LogP contribution in [0.3, 0.4) is 0 Å². The van der Waals surface area contributed by atoms with Crippen LogP contribution < -0.4 is 11.4 Å². The maximum atomic E-state index is 6.51. The van der Waals surface area contributed by atoms with Crippen LogP contribution in [-0.4, -0.2) is 64.8 Å². The van der Waals surface area contributed by atoms with Gasteiger partial charge in [0, 0.05) is 16.7 Å². The molecule has 0 aliphatic heterocycles. The van der Waals surface area contributed by atoms with Gasteiger partial charge in [-0.1, -0.05) is 67.5 Å². The molecular weight excluding hydrogens is 748 g/mol. The van der Waals surface area contributed by atoms with Gasteiger partial charge >= 0.3 is 215 Å². The number of allylic oxidation sites excluding steroid dienone is 6. The fraction of sp³-hybridized carbons (Fsp3) is 0.102. The zero-order chi connectivity index (χ0) is 42.5. The van der Waals surface area contributed by atoms with E-state index in [9.17, 15) is 0 Å². The first-order valence-electron chi connectivity index (χ1n) is 20.1. The molecule has 4 aromatic heterocycles. The molecule has 4 heterocycles. The number of aromatic nitrogens is 6. The van der Waals surface area contributed by atoms with Crippen molar-refractivity contribution in [3.05, 3.63) is 162 Å². The van der Waals surface area contributed by atoms with Crippen molar-refractivity contribution in [1.29, 1.82) is 0 Å². The molecule has 0 saturated heterocycles. The normalized spacial score (nSPS) is 12.5. The second-order valence-electron chi connectivity index (χ2n) is 14.3. The number of nitrogens with zero attached hydrogens (tertiary/aromatic N) is 6. The van der Waals surface area contributed by atoms with Gasteiger partial charge in [-0.25, -0.2) is 15.0 Å². The molecule has 0 aliphatic carbocycles. The summed E-state index contributed by atoms with van der Waals surface area (Å²) in [5.41, 5.74) is 13.2. The van der Waals surface area contributed by atoms with Crippen molar-refractivity contribution in [2.45, 2.75) is 34.3 Å². The van der Waals surface area contributed by atoms with Gasteiger partial charge in [0.1, 0.15) is 5.52 Å². The predicted molar refractivity (Wildman–Crippen MR) is 257 cm³/mol. The number of fused-ring (bicyclic) bond motifs is 2. The molecule has 0 saturated carbocycles. The van der Waals surface area contributed by atoms with E-state index >= 15 is 0 Å². The van der Waals surface area contributed by atoms with Gasteiger partial charge in [0.15, 0.2) is 23.1 Å². The Bertz CT molecular complexity index is 3010. The van der Waals surface area contributed by atoms with Crippen molar-refractivity contribution in [2.24, 2.45) is 0 Å². The summed E-state index contributed by atoms with van der Waals surface area (Å²) >= 11 is 0. The summed E-state index contributed by atoms with van der Waals surface area (Å²) in [6.45, 7) is 16.5. The van der Waals surface area contributed by atoms with Crippen molar-refractivity contribution < 1.29 is 8.83 Å². The molecule has 0 unspecified atom stereocenters. The molecule has 4 aromatic carbocycles. The average molecular weight is 788 g/mol. The van der Waals surface area contributed by atoms with Gasteiger partial charge in [0.2, 0.25) is 0 Å². The van der Waals surface area contributed by atoms with Crippen LogP contribution >= 0.6 is 0 Å². The van der Waals surface area contributed by atoms with E-state index in [2.05, 4.69) is 61.6 Å². The topological polar surface area (TPSA) is 95.7 Å². The third-order valence-electron chi connectivity index (χ3n) is 10.3. The fourth-order valence-corrected chi connectivity index (χ4v) is 7.36. The first kappa shape index (κ1) is 40.7. The minimum absolute atomic E-state index is 0.140. The molecule has 0 atom stereocenters. The molecule has 0 bridgehead atoms. The van der Waals surface area contributed by atoms with E-state index in [0.717, 1.165) is 67.0 Å². The van der Waals surface area contributed by atoms with E-state index in [1.165, 1.54) is 0 Å². The SMILES string of the molecule is [B]c1nc2cc(-n3c(C)c(/C=C\C=BC)c(/C=C(C=C)/C(C)=C/C(=C\[B]C)c4nc5ccc(-c6nc(-c7ccccc7)nc(-c7ccccc7)n6)cc5o4)c3[B]C)ccc2o1. The van der Waals surface area contributed by atoms with Crippen molar-refractivity contribution in [2.75, 3.05) is 0 Å². The molecule has 8 aromatic rings. The molecule has 0 spiro atoms.